The van der Waals surface area contributed by atoms with Gasteiger partial charge in [-0.3, -0.25) is 14.5 Å². The quantitative estimate of drug-likeness (QED) is 0.163. The minimum Gasteiger partial charge on any atom is -0.481 e. The van der Waals surface area contributed by atoms with Gasteiger partial charge in [0.1, 0.15) is 5.82 Å². The fraction of sp³-hybridized carbons (Fsp3) is 0.390. The molecule has 52 heavy (non-hydrogen) atoms. The molecule has 2 aliphatic carbocycles. The van der Waals surface area contributed by atoms with Gasteiger partial charge in [0.2, 0.25) is 11.8 Å². The third-order valence-corrected chi connectivity index (χ3v) is 12.5. The Morgan fingerprint density at radius 2 is 1.79 bits per heavy atom. The Kier molecular flexibility index (Phi) is 8.58. The lowest BCUT2D eigenvalue weighted by molar-refractivity contribution is -0.127. The number of rotatable bonds is 9. The molecule has 3 aliphatic rings. The molecule has 2 saturated carbocycles. The Bertz CT molecular complexity index is 2310. The second kappa shape index (κ2) is 13.0. The van der Waals surface area contributed by atoms with E-state index in [1.165, 1.54) is 10.2 Å². The van der Waals surface area contributed by atoms with Gasteiger partial charge in [0.15, 0.2) is 0 Å². The first-order valence-corrected chi connectivity index (χ1v) is 18.5. The van der Waals surface area contributed by atoms with Crippen molar-refractivity contribution < 1.29 is 9.53 Å². The number of methoxy groups -OCH3 is 1. The number of carbonyl (C=O) groups excluding carboxylic acids is 1. The minimum absolute atomic E-state index is 0.104. The van der Waals surface area contributed by atoms with Crippen molar-refractivity contribution in [2.45, 2.75) is 65.3 Å². The van der Waals surface area contributed by atoms with Crippen molar-refractivity contribution in [2.24, 2.45) is 23.6 Å². The van der Waals surface area contributed by atoms with Crippen LogP contribution >= 0.6 is 11.6 Å². The number of fused-ring (bicyclic) bond motifs is 4. The van der Waals surface area contributed by atoms with Crippen molar-refractivity contribution >= 4 is 39.8 Å². The van der Waals surface area contributed by atoms with Gasteiger partial charge in [-0.2, -0.15) is 5.10 Å². The predicted molar refractivity (Wildman–Crippen MR) is 205 cm³/mol. The molecule has 1 amide bonds. The normalized spacial score (nSPS) is 21.0. The Hall–Kier alpha value is -4.80. The minimum atomic E-state index is -0.266. The fourth-order valence-corrected chi connectivity index (χ4v) is 9.42. The van der Waals surface area contributed by atoms with Gasteiger partial charge in [-0.25, -0.2) is 14.6 Å². The van der Waals surface area contributed by atoms with Gasteiger partial charge in [0.25, 0.3) is 5.56 Å². The molecule has 1 aliphatic heterocycles. The monoisotopic (exact) mass is 717 g/mol. The molecule has 2 bridgehead atoms. The number of pyridine rings is 2. The molecule has 8 rings (SSSR count). The van der Waals surface area contributed by atoms with E-state index in [4.69, 9.17) is 32.0 Å². The number of hydrogen-bond donors (Lipinski definition) is 2. The van der Waals surface area contributed by atoms with Gasteiger partial charge in [0, 0.05) is 59.0 Å². The van der Waals surface area contributed by atoms with E-state index in [0.29, 0.717) is 22.1 Å². The molecule has 0 unspecified atom stereocenters. The molecule has 0 spiro atoms. The number of benzene rings is 2. The average Bonchev–Trinajstić information content (AvgIpc) is 3.71. The highest BCUT2D eigenvalue weighted by atomic mass is 35.5. The average molecular weight is 718 g/mol. The fourth-order valence-electron chi connectivity index (χ4n) is 9.10. The van der Waals surface area contributed by atoms with Crippen LogP contribution < -0.4 is 21.3 Å². The highest BCUT2D eigenvalue weighted by Gasteiger charge is 2.56. The van der Waals surface area contributed by atoms with E-state index < -0.39 is 0 Å². The largest absolute Gasteiger partial charge is 0.481 e. The van der Waals surface area contributed by atoms with Crippen LogP contribution in [0.5, 0.6) is 5.88 Å². The number of carbonyl (C=O) groups is 1. The van der Waals surface area contributed by atoms with Gasteiger partial charge in [0.05, 0.1) is 29.4 Å². The maximum atomic E-state index is 13.1. The summed E-state index contributed by atoms with van der Waals surface area (Å²) >= 11 is 7.29. The number of aromatic nitrogens is 4. The molecule has 268 valence electrons. The summed E-state index contributed by atoms with van der Waals surface area (Å²) in [6, 6.07) is 16.1. The number of nitrogens with two attached hydrogens (primary N) is 1. The van der Waals surface area contributed by atoms with Crippen LogP contribution in [0.25, 0.3) is 33.2 Å². The van der Waals surface area contributed by atoms with Gasteiger partial charge in [-0.1, -0.05) is 41.9 Å². The van der Waals surface area contributed by atoms with Crippen LogP contribution in [-0.2, 0) is 24.8 Å². The smallest absolute Gasteiger partial charge is 0.278 e. The summed E-state index contributed by atoms with van der Waals surface area (Å²) in [7, 11) is 3.32. The van der Waals surface area contributed by atoms with Gasteiger partial charge < -0.3 is 15.8 Å². The first kappa shape index (κ1) is 34.3. The molecule has 0 atom stereocenters. The van der Waals surface area contributed by atoms with Gasteiger partial charge in [-0.05, 0) is 106 Å². The highest BCUT2D eigenvalue weighted by molar-refractivity contribution is 6.36. The second-order valence-corrected chi connectivity index (χ2v) is 15.5. The summed E-state index contributed by atoms with van der Waals surface area (Å²) in [5, 5.41) is 9.46. The Morgan fingerprint density at radius 1 is 1.04 bits per heavy atom. The number of amides is 1. The zero-order chi connectivity index (χ0) is 36.4. The number of nitrogens with zero attached hydrogens (tertiary/aromatic N) is 5. The molecule has 4 heterocycles. The molecule has 11 heteroatoms. The lowest BCUT2D eigenvalue weighted by Crippen LogP contribution is -2.34. The Morgan fingerprint density at radius 3 is 2.54 bits per heavy atom. The number of aryl methyl sites for hydroxylation is 2. The van der Waals surface area contributed by atoms with Crippen molar-refractivity contribution in [2.75, 3.05) is 25.5 Å². The van der Waals surface area contributed by atoms with E-state index >= 15 is 0 Å². The van der Waals surface area contributed by atoms with E-state index in [2.05, 4.69) is 27.4 Å². The topological polar surface area (TPSA) is 128 Å². The van der Waals surface area contributed by atoms with E-state index in [9.17, 15) is 9.59 Å². The maximum absolute atomic E-state index is 13.1. The first-order chi connectivity index (χ1) is 25.0. The summed E-state index contributed by atoms with van der Waals surface area (Å²) in [6.07, 6.45) is 8.69. The molecular formula is C41H44ClN7O3. The van der Waals surface area contributed by atoms with E-state index in [1.54, 1.807) is 20.4 Å². The Labute approximate surface area is 308 Å². The number of ether oxygens (including phenoxy) is 1. The lowest BCUT2D eigenvalue weighted by Gasteiger charge is -2.33. The third-order valence-electron chi connectivity index (χ3n) is 12.1. The zero-order valence-electron chi connectivity index (χ0n) is 30.2. The SMILES string of the molecule is COc1nc(-c2cccc(-c3cccc(Nc4nc(C)cc5cnn(C)c(=O)c45)c3C)c2Cl)cc2c1CCN(CCC13CCC(C(N)=O)(CC1)C3)C2. The van der Waals surface area contributed by atoms with E-state index in [1.807, 2.05) is 50.2 Å². The number of halogens is 1. The summed E-state index contributed by atoms with van der Waals surface area (Å²) < 4.78 is 7.19. The van der Waals surface area contributed by atoms with Crippen LogP contribution in [0, 0.1) is 24.7 Å². The summed E-state index contributed by atoms with van der Waals surface area (Å²) in [5.41, 5.74) is 14.0. The number of primary amides is 1. The van der Waals surface area contributed by atoms with Crippen molar-refractivity contribution in [3.05, 3.63) is 92.5 Å². The van der Waals surface area contributed by atoms with Crippen LogP contribution in [0.1, 0.15) is 60.9 Å². The number of hydrogen-bond acceptors (Lipinski definition) is 8. The molecule has 3 aromatic heterocycles. The van der Waals surface area contributed by atoms with E-state index in [-0.39, 0.29) is 22.3 Å². The second-order valence-electron chi connectivity index (χ2n) is 15.2. The summed E-state index contributed by atoms with van der Waals surface area (Å²) in [6.45, 7) is 6.69. The van der Waals surface area contributed by atoms with Crippen molar-refractivity contribution in [3.8, 4) is 28.3 Å². The standard InChI is InChI=1S/C41H44ClN7O3/c1-24-19-26-21-44-48(3)38(50)34(26)36(45-24)46-32-10-6-7-28(25(32)2)30-8-5-9-31(35(30)42)33-20-27-22-49(17-11-29(27)37(47-33)52-4)18-16-40-12-14-41(23-40,15-13-40)39(43)51/h5-10,19-21H,11-18,22-23H2,1-4H3,(H2,43,51)(H,45,46). The van der Waals surface area contributed by atoms with Gasteiger partial charge >= 0.3 is 0 Å². The van der Waals surface area contributed by atoms with Crippen LogP contribution in [0.2, 0.25) is 5.02 Å². The molecule has 10 nitrogen and oxygen atoms in total. The third kappa shape index (κ3) is 5.82. The molecular weight excluding hydrogens is 674 g/mol. The number of anilines is 2. The first-order valence-electron chi connectivity index (χ1n) is 18.1. The molecule has 0 saturated heterocycles. The predicted octanol–water partition coefficient (Wildman–Crippen LogP) is 7.26. The highest BCUT2D eigenvalue weighted by Crippen LogP contribution is 2.63. The van der Waals surface area contributed by atoms with Crippen LogP contribution in [0.4, 0.5) is 11.5 Å². The van der Waals surface area contributed by atoms with Gasteiger partial charge in [-0.15, -0.1) is 0 Å². The summed E-state index contributed by atoms with van der Waals surface area (Å²) in [4.78, 5) is 37.6. The van der Waals surface area contributed by atoms with Crippen molar-refractivity contribution in [1.29, 1.82) is 0 Å². The molecule has 3 N–H and O–H groups in total. The van der Waals surface area contributed by atoms with E-state index in [0.717, 1.165) is 115 Å². The number of nitrogens with one attached hydrogen (secondary N) is 1. The van der Waals surface area contributed by atoms with Crippen LogP contribution in [0.15, 0.2) is 59.5 Å². The van der Waals surface area contributed by atoms with Crippen molar-refractivity contribution in [1.82, 2.24) is 24.6 Å². The Balaban J connectivity index is 1.08. The summed E-state index contributed by atoms with van der Waals surface area (Å²) in [5.74, 6) is 1.03. The zero-order valence-corrected chi connectivity index (χ0v) is 30.9. The maximum Gasteiger partial charge on any atom is 0.278 e. The lowest BCUT2D eigenvalue weighted by atomic mass is 9.80. The van der Waals surface area contributed by atoms with Crippen LogP contribution in [0.3, 0.4) is 0 Å². The molecule has 2 fully saturated rings. The van der Waals surface area contributed by atoms with Crippen molar-refractivity contribution in [3.63, 3.8) is 0 Å². The van der Waals surface area contributed by atoms with Crippen LogP contribution in [-0.4, -0.2) is 50.8 Å². The molecule has 2 aromatic carbocycles. The molecule has 5 aromatic rings. The molecule has 0 radical (unpaired) electrons.